The molecule has 1 aromatic rings. The molecule has 0 aromatic carbocycles. The third kappa shape index (κ3) is 2.43. The van der Waals surface area contributed by atoms with E-state index in [9.17, 15) is 4.79 Å². The van der Waals surface area contributed by atoms with Crippen LogP contribution in [0, 0.1) is 0 Å². The lowest BCUT2D eigenvalue weighted by Gasteiger charge is -1.98. The summed E-state index contributed by atoms with van der Waals surface area (Å²) >= 11 is 0. The van der Waals surface area contributed by atoms with Gasteiger partial charge in [-0.15, -0.1) is 0 Å². The molecule has 0 saturated heterocycles. The van der Waals surface area contributed by atoms with Crippen LogP contribution in [0.4, 0.5) is 0 Å². The van der Waals surface area contributed by atoms with Crippen LogP contribution in [0.1, 0.15) is 12.5 Å². The number of aryl methyl sites for hydroxylation is 1. The molecule has 0 spiro atoms. The van der Waals surface area contributed by atoms with Crippen LogP contribution >= 0.6 is 0 Å². The van der Waals surface area contributed by atoms with Crippen LogP contribution in [-0.4, -0.2) is 15.7 Å². The normalized spacial score (nSPS) is 11.7. The zero-order valence-corrected chi connectivity index (χ0v) is 7.82. The number of hydrogen-bond donors (Lipinski definition) is 1. The first-order valence-corrected chi connectivity index (χ1v) is 4.06. The van der Waals surface area contributed by atoms with Gasteiger partial charge < -0.3 is 5.73 Å². The molecule has 1 aromatic heterocycles. The second-order valence-electron chi connectivity index (χ2n) is 2.88. The number of primary amides is 1. The molecule has 70 valence electrons. The van der Waals surface area contributed by atoms with E-state index in [0.29, 0.717) is 12.0 Å². The van der Waals surface area contributed by atoms with Crippen LogP contribution in [0.15, 0.2) is 24.0 Å². The highest BCUT2D eigenvalue weighted by Crippen LogP contribution is 2.05. The summed E-state index contributed by atoms with van der Waals surface area (Å²) in [6.07, 6.45) is 5.88. The number of amides is 1. The Balaban J connectivity index is 2.73. The molecule has 1 rings (SSSR count). The van der Waals surface area contributed by atoms with Crippen molar-refractivity contribution in [2.24, 2.45) is 12.8 Å². The van der Waals surface area contributed by atoms with E-state index < -0.39 is 0 Å². The molecule has 0 unspecified atom stereocenters. The third-order valence-corrected chi connectivity index (χ3v) is 1.82. The van der Waals surface area contributed by atoms with Crippen LogP contribution < -0.4 is 5.73 Å². The zero-order valence-electron chi connectivity index (χ0n) is 7.82. The Morgan fingerprint density at radius 2 is 2.46 bits per heavy atom. The molecule has 0 fully saturated rings. The summed E-state index contributed by atoms with van der Waals surface area (Å²) in [6, 6.07) is 0. The Labute approximate surface area is 77.0 Å². The monoisotopic (exact) mass is 179 g/mol. The second-order valence-corrected chi connectivity index (χ2v) is 2.88. The van der Waals surface area contributed by atoms with Crippen molar-refractivity contribution in [3.8, 4) is 0 Å². The van der Waals surface area contributed by atoms with E-state index in [4.69, 9.17) is 5.73 Å². The molecule has 2 N–H and O–H groups in total. The fourth-order valence-electron chi connectivity index (χ4n) is 1.11. The number of hydrogen-bond acceptors (Lipinski definition) is 2. The van der Waals surface area contributed by atoms with E-state index in [1.165, 1.54) is 0 Å². The first kappa shape index (κ1) is 9.51. The van der Waals surface area contributed by atoms with Crippen molar-refractivity contribution in [3.63, 3.8) is 0 Å². The number of rotatable bonds is 3. The summed E-state index contributed by atoms with van der Waals surface area (Å²) in [5.74, 6) is -0.369. The van der Waals surface area contributed by atoms with Crippen LogP contribution in [0.2, 0.25) is 0 Å². The lowest BCUT2D eigenvalue weighted by molar-refractivity contribution is -0.114. The molecule has 0 bridgehead atoms. The van der Waals surface area contributed by atoms with Gasteiger partial charge in [0.2, 0.25) is 5.91 Å². The largest absolute Gasteiger partial charge is 0.366 e. The molecule has 0 radical (unpaired) electrons. The average molecular weight is 179 g/mol. The molecule has 4 heteroatoms. The van der Waals surface area contributed by atoms with Crippen molar-refractivity contribution in [3.05, 3.63) is 29.6 Å². The fraction of sp³-hybridized carbons (Fsp3) is 0.333. The lowest BCUT2D eigenvalue weighted by atomic mass is 10.1. The van der Waals surface area contributed by atoms with E-state index in [1.807, 2.05) is 13.2 Å². The first-order valence-electron chi connectivity index (χ1n) is 4.06. The summed E-state index contributed by atoms with van der Waals surface area (Å²) in [4.78, 5) is 10.9. The van der Waals surface area contributed by atoms with Gasteiger partial charge >= 0.3 is 0 Å². The van der Waals surface area contributed by atoms with Crippen LogP contribution in [0.3, 0.4) is 0 Å². The molecule has 0 aliphatic heterocycles. The molecule has 0 atom stereocenters. The predicted octanol–water partition coefficient (Wildman–Crippen LogP) is 0.394. The van der Waals surface area contributed by atoms with E-state index in [2.05, 4.69) is 5.10 Å². The third-order valence-electron chi connectivity index (χ3n) is 1.82. The molecule has 13 heavy (non-hydrogen) atoms. The van der Waals surface area contributed by atoms with Crippen molar-refractivity contribution < 1.29 is 4.79 Å². The minimum atomic E-state index is -0.369. The number of aromatic nitrogens is 2. The quantitative estimate of drug-likeness (QED) is 0.682. The minimum absolute atomic E-state index is 0.369. The smallest absolute Gasteiger partial charge is 0.244 e. The van der Waals surface area contributed by atoms with Gasteiger partial charge in [-0.3, -0.25) is 9.48 Å². The Hall–Kier alpha value is -1.58. The second kappa shape index (κ2) is 3.89. The highest BCUT2D eigenvalue weighted by atomic mass is 16.1. The van der Waals surface area contributed by atoms with Crippen molar-refractivity contribution in [1.82, 2.24) is 9.78 Å². The van der Waals surface area contributed by atoms with Crippen molar-refractivity contribution in [2.75, 3.05) is 0 Å². The summed E-state index contributed by atoms with van der Waals surface area (Å²) in [7, 11) is 1.84. The van der Waals surface area contributed by atoms with Gasteiger partial charge in [0.05, 0.1) is 6.20 Å². The summed E-state index contributed by atoms with van der Waals surface area (Å²) < 4.78 is 1.70. The number of carbonyl (C=O) groups is 1. The van der Waals surface area contributed by atoms with Gasteiger partial charge in [0.1, 0.15) is 0 Å². The van der Waals surface area contributed by atoms with Gasteiger partial charge in [0.25, 0.3) is 0 Å². The average Bonchev–Trinajstić information content (AvgIpc) is 2.46. The van der Waals surface area contributed by atoms with Gasteiger partial charge in [-0.2, -0.15) is 5.10 Å². The van der Waals surface area contributed by atoms with E-state index in [-0.39, 0.29) is 5.91 Å². The molecule has 0 saturated carbocycles. The molecular formula is C9H13N3O. The van der Waals surface area contributed by atoms with Gasteiger partial charge in [0.15, 0.2) is 0 Å². The maximum absolute atomic E-state index is 10.9. The number of allylic oxidation sites excluding steroid dienone is 1. The molecule has 1 heterocycles. The maximum atomic E-state index is 10.9. The Morgan fingerprint density at radius 1 is 1.77 bits per heavy atom. The highest BCUT2D eigenvalue weighted by Gasteiger charge is 2.05. The van der Waals surface area contributed by atoms with Crippen LogP contribution in [0.5, 0.6) is 0 Å². The first-order chi connectivity index (χ1) is 6.13. The predicted molar refractivity (Wildman–Crippen MR) is 49.9 cm³/mol. The molecule has 0 aliphatic rings. The number of nitrogens with two attached hydrogens (primary N) is 1. The van der Waals surface area contributed by atoms with E-state index in [0.717, 1.165) is 5.56 Å². The van der Waals surface area contributed by atoms with Crippen molar-refractivity contribution in [1.29, 1.82) is 0 Å². The Bertz CT molecular complexity index is 338. The van der Waals surface area contributed by atoms with Gasteiger partial charge in [0, 0.05) is 25.2 Å². The summed E-state index contributed by atoms with van der Waals surface area (Å²) in [5, 5.41) is 4.00. The van der Waals surface area contributed by atoms with Crippen LogP contribution in [0.25, 0.3) is 0 Å². The van der Waals surface area contributed by atoms with Crippen molar-refractivity contribution in [2.45, 2.75) is 13.3 Å². The standard InChI is InChI=1S/C9H13N3O/c1-3-8(9(10)13)4-7-5-11-12(2)6-7/h3,5-6H,4H2,1-2H3,(H2,10,13)/b8-3-. The summed E-state index contributed by atoms with van der Waals surface area (Å²) in [5.41, 5.74) is 6.78. The van der Waals surface area contributed by atoms with Gasteiger partial charge in [-0.25, -0.2) is 0 Å². The van der Waals surface area contributed by atoms with Gasteiger partial charge in [-0.1, -0.05) is 6.08 Å². The Morgan fingerprint density at radius 3 is 2.85 bits per heavy atom. The maximum Gasteiger partial charge on any atom is 0.244 e. The Kier molecular flexibility index (Phi) is 2.84. The SMILES string of the molecule is C/C=C(/Cc1cnn(C)c1)C(N)=O. The molecular weight excluding hydrogens is 166 g/mol. The van der Waals surface area contributed by atoms with Crippen LogP contribution in [-0.2, 0) is 18.3 Å². The number of nitrogens with zero attached hydrogens (tertiary/aromatic N) is 2. The van der Waals surface area contributed by atoms with E-state index in [1.54, 1.807) is 23.9 Å². The molecule has 1 amide bonds. The fourth-order valence-corrected chi connectivity index (χ4v) is 1.11. The van der Waals surface area contributed by atoms with E-state index >= 15 is 0 Å². The molecule has 4 nitrogen and oxygen atoms in total. The summed E-state index contributed by atoms with van der Waals surface area (Å²) in [6.45, 7) is 1.80. The molecule has 0 aliphatic carbocycles. The zero-order chi connectivity index (χ0) is 9.84. The van der Waals surface area contributed by atoms with Crippen molar-refractivity contribution >= 4 is 5.91 Å². The minimum Gasteiger partial charge on any atom is -0.366 e. The highest BCUT2D eigenvalue weighted by molar-refractivity contribution is 5.92. The topological polar surface area (TPSA) is 60.9 Å². The number of carbonyl (C=O) groups excluding carboxylic acids is 1. The van der Waals surface area contributed by atoms with Gasteiger partial charge in [-0.05, 0) is 12.5 Å². The lowest BCUT2D eigenvalue weighted by Crippen LogP contribution is -2.15.